The Hall–Kier alpha value is -19.3. The van der Waals surface area contributed by atoms with Gasteiger partial charge in [-0.1, -0.05) is 252 Å². The molecule has 19 nitrogen and oxygen atoms in total. The van der Waals surface area contributed by atoms with Crippen LogP contribution in [-0.2, 0) is 10.8 Å². The quantitative estimate of drug-likeness (QED) is 0.115. The molecule has 0 amide bonds. The number of hydrogen-bond donors (Lipinski definition) is 0. The number of rotatable bonds is 10. The molecule has 0 N–H and O–H groups in total. The number of benzene rings is 11. The molecule has 144 heavy (non-hydrogen) atoms. The SMILES string of the molecule is CC1(C)c2ccccc2-c2ccc(-c3nc(-c4ccc5ccc6cccnc6c5n4)cc(-c4ccc5ccc6cccnc6c5n4)n3)cc21.CC1(C)c2ccccc2-c2ccc(-c3nc(-c4cnc5c(ccc6cccnc65)c4)cc(-c4cnc5c(ccc6cccnc65)c4)n3)cc21.c1ccc(-c2ccc(-c3nc(-c4ccnc5c4ccc4cccnc45)cc(-c4ccnc5c4ccc4cccnc45)n3)cc2)nc1. The van der Waals surface area contributed by atoms with E-state index in [9.17, 15) is 0 Å². The van der Waals surface area contributed by atoms with Gasteiger partial charge in [0.15, 0.2) is 17.5 Å². The minimum absolute atomic E-state index is 0.138. The summed E-state index contributed by atoms with van der Waals surface area (Å²) in [7, 11) is 0. The van der Waals surface area contributed by atoms with E-state index in [4.69, 9.17) is 59.8 Å². The summed E-state index contributed by atoms with van der Waals surface area (Å²) in [6, 6.07) is 117. The normalized spacial score (nSPS) is 12.7. The van der Waals surface area contributed by atoms with E-state index in [0.717, 1.165) is 227 Å². The molecule has 29 rings (SSSR count). The molecule has 11 aromatic carbocycles. The van der Waals surface area contributed by atoms with Crippen molar-refractivity contribution in [2.75, 3.05) is 0 Å². The van der Waals surface area contributed by atoms with E-state index in [1.807, 2.05) is 141 Å². The molecule has 2 aliphatic rings. The molecule has 0 saturated heterocycles. The Balaban J connectivity index is 0.000000108. The van der Waals surface area contributed by atoms with E-state index in [0.29, 0.717) is 17.5 Å². The number of nitrogens with zero attached hydrogens (tertiary/aromatic N) is 19. The Bertz CT molecular complexity index is 9620. The van der Waals surface area contributed by atoms with E-state index >= 15 is 0 Å². The molecule has 16 heterocycles. The van der Waals surface area contributed by atoms with Gasteiger partial charge in [0.25, 0.3) is 0 Å². The molecule has 16 aromatic heterocycles. The highest BCUT2D eigenvalue weighted by molar-refractivity contribution is 6.12. The van der Waals surface area contributed by atoms with Crippen molar-refractivity contribution >= 4 is 131 Å². The average Bonchev–Trinajstić information content (AvgIpc) is 1.69. The minimum Gasteiger partial charge on any atom is -0.256 e. The van der Waals surface area contributed by atoms with Crippen molar-refractivity contribution in [3.8, 4) is 135 Å². The van der Waals surface area contributed by atoms with E-state index in [1.54, 1.807) is 18.6 Å². The van der Waals surface area contributed by atoms with Gasteiger partial charge >= 0.3 is 0 Å². The molecule has 674 valence electrons. The van der Waals surface area contributed by atoms with Crippen molar-refractivity contribution < 1.29 is 0 Å². The van der Waals surface area contributed by atoms with Crippen molar-refractivity contribution in [1.82, 2.24) is 94.7 Å². The zero-order valence-corrected chi connectivity index (χ0v) is 78.2. The Kier molecular flexibility index (Phi) is 19.7. The Morgan fingerprint density at radius 1 is 0.153 bits per heavy atom. The highest BCUT2D eigenvalue weighted by Crippen LogP contribution is 2.52. The molecule has 27 aromatic rings. The van der Waals surface area contributed by atoms with Gasteiger partial charge in [0.2, 0.25) is 0 Å². The molecule has 0 fully saturated rings. The van der Waals surface area contributed by atoms with E-state index in [2.05, 4.69) is 311 Å². The molecule has 0 spiro atoms. The second-order valence-corrected chi connectivity index (χ2v) is 37.5. The summed E-state index contributed by atoms with van der Waals surface area (Å²) in [5.74, 6) is 1.90. The van der Waals surface area contributed by atoms with Crippen LogP contribution in [0.5, 0.6) is 0 Å². The van der Waals surface area contributed by atoms with Gasteiger partial charge in [-0.3, -0.25) is 54.8 Å². The highest BCUT2D eigenvalue weighted by atomic mass is 14.9. The molecule has 0 saturated carbocycles. The summed E-state index contributed by atoms with van der Waals surface area (Å²) in [5.41, 5.74) is 35.0. The summed E-state index contributed by atoms with van der Waals surface area (Å²) in [5, 5.41) is 12.3. The first-order chi connectivity index (χ1) is 70.8. The van der Waals surface area contributed by atoms with Crippen LogP contribution in [0.2, 0.25) is 0 Å². The van der Waals surface area contributed by atoms with Crippen LogP contribution in [-0.4, -0.2) is 94.7 Å². The Morgan fingerprint density at radius 2 is 0.465 bits per heavy atom. The molecule has 0 atom stereocenters. The third kappa shape index (κ3) is 14.5. The topological polar surface area (TPSA) is 245 Å². The molecular weight excluding hydrogens is 1770 g/mol. The van der Waals surface area contributed by atoms with Gasteiger partial charge in [-0.2, -0.15) is 0 Å². The first kappa shape index (κ1) is 84.0. The third-order valence-electron chi connectivity index (χ3n) is 28.3. The van der Waals surface area contributed by atoms with Gasteiger partial charge in [-0.05, 0) is 160 Å². The second kappa shape index (κ2) is 33.8. The summed E-state index contributed by atoms with van der Waals surface area (Å²) in [6.07, 6.45) is 20.1. The van der Waals surface area contributed by atoms with Crippen LogP contribution in [0, 0.1) is 0 Å². The minimum atomic E-state index is -0.149. The third-order valence-corrected chi connectivity index (χ3v) is 28.3. The maximum atomic E-state index is 5.20. The molecule has 0 unspecified atom stereocenters. The predicted octanol–water partition coefficient (Wildman–Crippen LogP) is 28.7. The van der Waals surface area contributed by atoms with Gasteiger partial charge in [0.1, 0.15) is 0 Å². The number of hydrogen-bond acceptors (Lipinski definition) is 19. The van der Waals surface area contributed by atoms with Crippen LogP contribution in [0.3, 0.4) is 0 Å². The maximum Gasteiger partial charge on any atom is 0.160 e. The van der Waals surface area contributed by atoms with Crippen LogP contribution in [0.1, 0.15) is 49.9 Å². The van der Waals surface area contributed by atoms with Crippen molar-refractivity contribution in [2.24, 2.45) is 0 Å². The summed E-state index contributed by atoms with van der Waals surface area (Å²) >= 11 is 0. The van der Waals surface area contributed by atoms with Gasteiger partial charge in [0.05, 0.1) is 117 Å². The largest absolute Gasteiger partial charge is 0.256 e. The van der Waals surface area contributed by atoms with Gasteiger partial charge in [-0.25, -0.2) is 39.9 Å². The van der Waals surface area contributed by atoms with Gasteiger partial charge in [-0.15, -0.1) is 0 Å². The lowest BCUT2D eigenvalue weighted by molar-refractivity contribution is 0.660. The lowest BCUT2D eigenvalue weighted by atomic mass is 9.82. The van der Waals surface area contributed by atoms with Gasteiger partial charge < -0.3 is 0 Å². The van der Waals surface area contributed by atoms with Crippen molar-refractivity contribution in [3.63, 3.8) is 0 Å². The van der Waals surface area contributed by atoms with Crippen molar-refractivity contribution in [2.45, 2.75) is 38.5 Å². The van der Waals surface area contributed by atoms with E-state index in [-0.39, 0.29) is 10.8 Å². The summed E-state index contributed by atoms with van der Waals surface area (Å²) < 4.78 is 0. The zero-order valence-electron chi connectivity index (χ0n) is 78.2. The first-order valence-corrected chi connectivity index (χ1v) is 47.8. The maximum absolute atomic E-state index is 5.20. The number of aromatic nitrogens is 19. The molecule has 0 radical (unpaired) electrons. The molecule has 19 heteroatoms. The van der Waals surface area contributed by atoms with E-state index < -0.39 is 0 Å². The fraction of sp³-hybridized carbons (Fsp3) is 0.0480. The lowest BCUT2D eigenvalue weighted by Gasteiger charge is -2.21. The van der Waals surface area contributed by atoms with Crippen LogP contribution in [0.4, 0.5) is 0 Å². The summed E-state index contributed by atoms with van der Waals surface area (Å²) in [6.45, 7) is 9.17. The van der Waals surface area contributed by atoms with E-state index in [1.165, 1.54) is 44.5 Å². The average molecular weight is 1850 g/mol. The Morgan fingerprint density at radius 3 is 0.896 bits per heavy atom. The number of fused-ring (bicyclic) bond motifs is 24. The lowest BCUT2D eigenvalue weighted by Crippen LogP contribution is -2.15. The fourth-order valence-electron chi connectivity index (χ4n) is 21.0. The van der Waals surface area contributed by atoms with Crippen LogP contribution in [0.15, 0.2) is 408 Å². The highest BCUT2D eigenvalue weighted by Gasteiger charge is 2.38. The zero-order chi connectivity index (χ0) is 95.8. The molecule has 0 bridgehead atoms. The second-order valence-electron chi connectivity index (χ2n) is 37.5. The predicted molar refractivity (Wildman–Crippen MR) is 577 cm³/mol. The van der Waals surface area contributed by atoms with Crippen LogP contribution in [0.25, 0.3) is 266 Å². The Labute approximate surface area is 824 Å². The van der Waals surface area contributed by atoms with Crippen molar-refractivity contribution in [1.29, 1.82) is 0 Å². The smallest absolute Gasteiger partial charge is 0.160 e. The number of pyridine rings is 13. The van der Waals surface area contributed by atoms with Crippen molar-refractivity contribution in [3.05, 3.63) is 430 Å². The monoisotopic (exact) mass is 1850 g/mol. The van der Waals surface area contributed by atoms with Gasteiger partial charge in [0, 0.05) is 188 Å². The first-order valence-electron chi connectivity index (χ1n) is 47.8. The fourth-order valence-corrected chi connectivity index (χ4v) is 21.0. The van der Waals surface area contributed by atoms with Crippen LogP contribution >= 0.6 is 0 Å². The van der Waals surface area contributed by atoms with Crippen LogP contribution < -0.4 is 0 Å². The standard InChI is InChI=1S/2C43H28N6.C39H23N7/c1-43(2)32-10-4-3-9-30(32)31-18-15-29(23-33(31)43)42-48-36(34-19-16-27-13-11-25-7-5-21-44-38(25)40(27)46-34)24-37(49-42)35-20-17-28-14-12-26-8-6-22-45-39(26)41(28)47-35;1-43(2)34-10-4-3-9-32(34)33-16-15-29(21-35(33)43)42-48-36(30-19-27-13-11-25-7-5-17-44-38(25)40(27)46-23-30)22-37(49-42)31-20-28-14-12-26-8-6-18-45-39(26)41(28)47-24-31;1-2-18-40-32(7-1)24-8-10-27(11-9-24)39-45-33(28-16-21-43-37-30(28)14-12-25-5-3-19-41-35(25)37)23-34(46-39)29-17-22-44-38-31(29)15-13-26-6-4-20-42-36(26)38/h2*3-24H,1-2H3;1-23H. The molecular formula is C125H79N19. The summed E-state index contributed by atoms with van der Waals surface area (Å²) in [4.78, 5) is 93.1. The molecule has 2 aliphatic carbocycles. The molecule has 0 aliphatic heterocycles.